The normalized spacial score (nSPS) is 16.2. The summed E-state index contributed by atoms with van der Waals surface area (Å²) in [6, 6.07) is 10.6. The van der Waals surface area contributed by atoms with Gasteiger partial charge in [0, 0.05) is 12.6 Å². The molecule has 1 aliphatic carbocycles. The number of rotatable bonds is 5. The monoisotopic (exact) mass is 333 g/mol. The molecule has 1 aliphatic rings. The Morgan fingerprint density at radius 3 is 2.56 bits per heavy atom. The van der Waals surface area contributed by atoms with Gasteiger partial charge in [-0.15, -0.1) is 0 Å². The van der Waals surface area contributed by atoms with Crippen LogP contribution in [-0.4, -0.2) is 24.3 Å². The maximum atomic E-state index is 4.79. The minimum absolute atomic E-state index is 0.183. The molecular weight excluding hydrogens is 310 g/mol. The number of aryl methyl sites for hydroxylation is 1. The van der Waals surface area contributed by atoms with Gasteiger partial charge in [-0.3, -0.25) is 4.68 Å². The summed E-state index contributed by atoms with van der Waals surface area (Å²) in [5.41, 5.74) is 4.58. The summed E-state index contributed by atoms with van der Waals surface area (Å²) in [6.45, 7) is 4.23. The van der Waals surface area contributed by atoms with E-state index < -0.39 is 0 Å². The van der Waals surface area contributed by atoms with E-state index in [4.69, 9.17) is 4.98 Å². The van der Waals surface area contributed by atoms with E-state index in [0.717, 1.165) is 17.1 Å². The lowest BCUT2D eigenvalue weighted by Gasteiger charge is -2.21. The molecule has 3 aromatic rings. The highest BCUT2D eigenvalue weighted by molar-refractivity contribution is 5.76. The molecule has 2 heterocycles. The van der Waals surface area contributed by atoms with Gasteiger partial charge in [-0.05, 0) is 38.2 Å². The number of imidazole rings is 1. The second-order valence-corrected chi connectivity index (χ2v) is 6.71. The van der Waals surface area contributed by atoms with Crippen LogP contribution in [0.3, 0.4) is 0 Å². The summed E-state index contributed by atoms with van der Waals surface area (Å²) in [6.07, 6.45) is 8.22. The van der Waals surface area contributed by atoms with E-state index in [-0.39, 0.29) is 6.04 Å². The first kappa shape index (κ1) is 15.8. The summed E-state index contributed by atoms with van der Waals surface area (Å²) in [4.78, 5) is 9.34. The number of hydrogen-bond acceptors (Lipinski definition) is 3. The van der Waals surface area contributed by atoms with E-state index in [9.17, 15) is 0 Å². The van der Waals surface area contributed by atoms with Gasteiger partial charge in [0.05, 0.1) is 23.8 Å². The van der Waals surface area contributed by atoms with Crippen LogP contribution >= 0.6 is 0 Å². The van der Waals surface area contributed by atoms with Crippen molar-refractivity contribution in [2.24, 2.45) is 13.0 Å². The highest BCUT2D eigenvalue weighted by atomic mass is 15.3. The van der Waals surface area contributed by atoms with Crippen molar-refractivity contribution in [3.8, 4) is 11.3 Å². The summed E-state index contributed by atoms with van der Waals surface area (Å²) in [5.74, 6) is 1.61. The third-order valence-electron chi connectivity index (χ3n) is 5.03. The van der Waals surface area contributed by atoms with Gasteiger partial charge in [-0.2, -0.15) is 5.10 Å². The van der Waals surface area contributed by atoms with Crippen LogP contribution in [0.25, 0.3) is 16.8 Å². The van der Waals surface area contributed by atoms with E-state index in [1.54, 1.807) is 6.33 Å². The van der Waals surface area contributed by atoms with Crippen LogP contribution in [-0.2, 0) is 7.05 Å². The Morgan fingerprint density at radius 1 is 1.20 bits per heavy atom. The summed E-state index contributed by atoms with van der Waals surface area (Å²) in [5, 5.41) is 4.29. The zero-order chi connectivity index (χ0) is 17.4. The van der Waals surface area contributed by atoms with Crippen molar-refractivity contribution in [1.29, 1.82) is 0 Å². The Bertz CT molecular complexity index is 899. The topological polar surface area (TPSA) is 48.5 Å². The molecule has 25 heavy (non-hydrogen) atoms. The van der Waals surface area contributed by atoms with Crippen molar-refractivity contribution in [3.05, 3.63) is 60.6 Å². The molecule has 128 valence electrons. The molecule has 0 bridgehead atoms. The molecule has 0 unspecified atom stereocenters. The fourth-order valence-electron chi connectivity index (χ4n) is 3.45. The second kappa shape index (κ2) is 6.31. The lowest BCUT2D eigenvalue weighted by Crippen LogP contribution is -2.19. The Labute approximate surface area is 148 Å². The largest absolute Gasteiger partial charge is 0.319 e. The Kier molecular flexibility index (Phi) is 3.99. The van der Waals surface area contributed by atoms with E-state index in [2.05, 4.69) is 58.8 Å². The van der Waals surface area contributed by atoms with Crippen molar-refractivity contribution < 1.29 is 0 Å². The third-order valence-corrected chi connectivity index (χ3v) is 5.03. The van der Waals surface area contributed by atoms with Gasteiger partial charge in [0.15, 0.2) is 0 Å². The fourth-order valence-corrected chi connectivity index (χ4v) is 3.45. The maximum Gasteiger partial charge on any atom is 0.150 e. The standard InChI is InChI=1S/C20H23N5/c1-4-14(2)18-17(15-8-6-5-7-9-15)22-13-25(18)19(16-10-11-16)20-21-12-23-24(20)3/h4-9,12-13,16,19H,10-11H2,1-3H3/b14-4+/t19-/m0/s1. The molecule has 5 heteroatoms. The number of hydrogen-bond donors (Lipinski definition) is 0. The molecule has 0 saturated heterocycles. The quantitative estimate of drug-likeness (QED) is 0.706. The van der Waals surface area contributed by atoms with E-state index in [1.165, 1.54) is 24.1 Å². The van der Waals surface area contributed by atoms with Crippen molar-refractivity contribution >= 4 is 5.57 Å². The Hall–Kier alpha value is -2.69. The number of aromatic nitrogens is 5. The van der Waals surface area contributed by atoms with E-state index >= 15 is 0 Å². The number of allylic oxidation sites excluding steroid dienone is 2. The number of nitrogens with zero attached hydrogens (tertiary/aromatic N) is 5. The third kappa shape index (κ3) is 2.80. The molecule has 1 atom stereocenters. The molecule has 1 aromatic carbocycles. The highest BCUT2D eigenvalue weighted by Crippen LogP contribution is 2.45. The smallest absolute Gasteiger partial charge is 0.150 e. The van der Waals surface area contributed by atoms with Gasteiger partial charge in [0.1, 0.15) is 12.2 Å². The van der Waals surface area contributed by atoms with Crippen molar-refractivity contribution in [2.75, 3.05) is 0 Å². The zero-order valence-corrected chi connectivity index (χ0v) is 14.9. The van der Waals surface area contributed by atoms with E-state index in [0.29, 0.717) is 5.92 Å². The van der Waals surface area contributed by atoms with Crippen LogP contribution in [0, 0.1) is 5.92 Å². The molecule has 5 nitrogen and oxygen atoms in total. The molecule has 1 saturated carbocycles. The molecule has 2 aromatic heterocycles. The van der Waals surface area contributed by atoms with Gasteiger partial charge < -0.3 is 4.57 Å². The van der Waals surface area contributed by atoms with E-state index in [1.807, 2.05) is 24.1 Å². The van der Waals surface area contributed by atoms with Crippen molar-refractivity contribution in [2.45, 2.75) is 32.7 Å². The first-order chi connectivity index (χ1) is 12.2. The fraction of sp³-hybridized carbons (Fsp3) is 0.350. The lowest BCUT2D eigenvalue weighted by atomic mass is 10.0. The number of benzene rings is 1. The molecule has 0 amide bonds. The summed E-state index contributed by atoms with van der Waals surface area (Å²) >= 11 is 0. The van der Waals surface area contributed by atoms with Gasteiger partial charge in [-0.1, -0.05) is 36.4 Å². The van der Waals surface area contributed by atoms with Gasteiger partial charge in [0.25, 0.3) is 0 Å². The maximum absolute atomic E-state index is 4.79. The minimum Gasteiger partial charge on any atom is -0.319 e. The predicted octanol–water partition coefficient (Wildman–Crippen LogP) is 4.10. The van der Waals surface area contributed by atoms with Crippen LogP contribution in [0.15, 0.2) is 49.1 Å². The second-order valence-electron chi connectivity index (χ2n) is 6.71. The summed E-state index contributed by atoms with van der Waals surface area (Å²) in [7, 11) is 1.97. The molecule has 0 spiro atoms. The SMILES string of the molecule is C/C=C(\C)c1c(-c2ccccc2)ncn1[C@H](c1ncnn1C)C1CC1. The molecule has 0 radical (unpaired) electrons. The Morgan fingerprint density at radius 2 is 1.96 bits per heavy atom. The van der Waals surface area contributed by atoms with Crippen LogP contribution in [0.1, 0.15) is 44.2 Å². The van der Waals surface area contributed by atoms with Crippen LogP contribution in [0.2, 0.25) is 0 Å². The highest BCUT2D eigenvalue weighted by Gasteiger charge is 2.38. The lowest BCUT2D eigenvalue weighted by molar-refractivity contribution is 0.466. The average molecular weight is 333 g/mol. The van der Waals surface area contributed by atoms with Crippen LogP contribution < -0.4 is 0 Å². The van der Waals surface area contributed by atoms with Gasteiger partial charge in [0.2, 0.25) is 0 Å². The average Bonchev–Trinajstić information content (AvgIpc) is 3.24. The van der Waals surface area contributed by atoms with Gasteiger partial charge in [-0.25, -0.2) is 9.97 Å². The minimum atomic E-state index is 0.183. The van der Waals surface area contributed by atoms with Crippen molar-refractivity contribution in [3.63, 3.8) is 0 Å². The Balaban J connectivity index is 1.90. The molecule has 4 rings (SSSR count). The van der Waals surface area contributed by atoms with Crippen LogP contribution in [0.4, 0.5) is 0 Å². The predicted molar refractivity (Wildman–Crippen MR) is 98.9 cm³/mol. The first-order valence-corrected chi connectivity index (χ1v) is 8.80. The molecule has 0 aliphatic heterocycles. The summed E-state index contributed by atoms with van der Waals surface area (Å²) < 4.78 is 4.19. The van der Waals surface area contributed by atoms with Crippen LogP contribution in [0.5, 0.6) is 0 Å². The molecule has 0 N–H and O–H groups in total. The zero-order valence-electron chi connectivity index (χ0n) is 14.9. The van der Waals surface area contributed by atoms with Crippen molar-refractivity contribution in [1.82, 2.24) is 24.3 Å². The molecule has 1 fully saturated rings. The molecular formula is C20H23N5. The van der Waals surface area contributed by atoms with Gasteiger partial charge >= 0.3 is 0 Å². The first-order valence-electron chi connectivity index (χ1n) is 8.80.